The smallest absolute Gasteiger partial charge is 0.146 e. The second-order valence-electron chi connectivity index (χ2n) is 4.93. The molecule has 0 heterocycles. The third-order valence-electron chi connectivity index (χ3n) is 3.47. The van der Waals surface area contributed by atoms with Crippen LogP contribution in [0.2, 0.25) is 0 Å². The van der Waals surface area contributed by atoms with Crippen LogP contribution in [0.3, 0.4) is 0 Å². The highest BCUT2D eigenvalue weighted by molar-refractivity contribution is 5.81. The molecule has 2 N–H and O–H groups in total. The summed E-state index contributed by atoms with van der Waals surface area (Å²) < 4.78 is 0. The van der Waals surface area contributed by atoms with Gasteiger partial charge in [-0.2, -0.15) is 0 Å². The Morgan fingerprint density at radius 3 is 2.57 bits per heavy atom. The molecule has 0 amide bonds. The van der Waals surface area contributed by atoms with Gasteiger partial charge >= 0.3 is 0 Å². The lowest BCUT2D eigenvalue weighted by Crippen LogP contribution is -2.30. The maximum Gasteiger partial charge on any atom is 0.146 e. The lowest BCUT2D eigenvalue weighted by atomic mass is 9.80. The number of Topliss-reactive ketones (excluding diaryl/α,β-unsaturated/α-hetero) is 1. The average molecular weight is 197 g/mol. The van der Waals surface area contributed by atoms with Crippen LogP contribution < -0.4 is 5.73 Å². The zero-order valence-corrected chi connectivity index (χ0v) is 9.46. The van der Waals surface area contributed by atoms with Gasteiger partial charge in [0.2, 0.25) is 0 Å². The van der Waals surface area contributed by atoms with Crippen molar-refractivity contribution in [1.29, 1.82) is 0 Å². The van der Waals surface area contributed by atoms with Crippen molar-refractivity contribution in [3.8, 4) is 0 Å². The summed E-state index contributed by atoms with van der Waals surface area (Å²) in [6.45, 7) is 3.80. The largest absolute Gasteiger partial charge is 0.322 e. The third kappa shape index (κ3) is 3.79. The van der Waals surface area contributed by atoms with Crippen molar-refractivity contribution in [3.05, 3.63) is 0 Å². The number of carbonyl (C=O) groups excluding carboxylic acids is 1. The van der Waals surface area contributed by atoms with E-state index in [1.54, 1.807) is 6.92 Å². The van der Waals surface area contributed by atoms with E-state index < -0.39 is 0 Å². The lowest BCUT2D eigenvalue weighted by Gasteiger charge is -2.26. The molecule has 0 radical (unpaired) electrons. The highest BCUT2D eigenvalue weighted by Gasteiger charge is 2.19. The molecule has 0 saturated heterocycles. The summed E-state index contributed by atoms with van der Waals surface area (Å²) in [4.78, 5) is 11.0. The third-order valence-corrected chi connectivity index (χ3v) is 3.47. The highest BCUT2D eigenvalue weighted by atomic mass is 16.1. The van der Waals surface area contributed by atoms with E-state index in [9.17, 15) is 4.79 Å². The van der Waals surface area contributed by atoms with Crippen molar-refractivity contribution in [2.45, 2.75) is 58.4 Å². The quantitative estimate of drug-likeness (QED) is 0.711. The van der Waals surface area contributed by atoms with E-state index in [4.69, 9.17) is 5.73 Å². The van der Waals surface area contributed by atoms with Gasteiger partial charge in [0.25, 0.3) is 0 Å². The monoisotopic (exact) mass is 197 g/mol. The molecule has 1 fully saturated rings. The normalized spacial score (nSPS) is 21.4. The average Bonchev–Trinajstić information content (AvgIpc) is 2.00. The molecular weight excluding hydrogens is 174 g/mol. The van der Waals surface area contributed by atoms with Crippen LogP contribution in [-0.4, -0.2) is 11.8 Å². The molecule has 1 rings (SSSR count). The molecular formula is C12H23NO. The van der Waals surface area contributed by atoms with Crippen LogP contribution in [0.15, 0.2) is 0 Å². The Labute approximate surface area is 87.2 Å². The van der Waals surface area contributed by atoms with E-state index in [0.717, 1.165) is 12.3 Å². The molecule has 2 nitrogen and oxygen atoms in total. The topological polar surface area (TPSA) is 43.1 Å². The Morgan fingerprint density at radius 2 is 2.14 bits per heavy atom. The Morgan fingerprint density at radius 1 is 1.50 bits per heavy atom. The van der Waals surface area contributed by atoms with E-state index in [1.165, 1.54) is 32.1 Å². The second kappa shape index (κ2) is 5.50. The van der Waals surface area contributed by atoms with Gasteiger partial charge in [-0.3, -0.25) is 4.79 Å². The fourth-order valence-electron chi connectivity index (χ4n) is 2.02. The molecule has 1 aliphatic carbocycles. The van der Waals surface area contributed by atoms with Crippen LogP contribution >= 0.6 is 0 Å². The Kier molecular flexibility index (Phi) is 4.59. The number of carbonyl (C=O) groups is 1. The van der Waals surface area contributed by atoms with Gasteiger partial charge in [0, 0.05) is 0 Å². The first-order valence-corrected chi connectivity index (χ1v) is 5.85. The maximum absolute atomic E-state index is 11.0. The predicted molar refractivity (Wildman–Crippen MR) is 59.0 cm³/mol. The number of rotatable bonds is 6. The van der Waals surface area contributed by atoms with E-state index in [0.29, 0.717) is 5.92 Å². The first kappa shape index (κ1) is 11.7. The SMILES string of the molecule is CC(=O)C(N)CC(C)CCC1CCC1. The molecule has 0 aliphatic heterocycles. The van der Waals surface area contributed by atoms with Gasteiger partial charge in [-0.25, -0.2) is 0 Å². The molecule has 1 saturated carbocycles. The number of hydrogen-bond acceptors (Lipinski definition) is 2. The van der Waals surface area contributed by atoms with Gasteiger partial charge in [-0.1, -0.05) is 39.0 Å². The fraction of sp³-hybridized carbons (Fsp3) is 0.917. The number of hydrogen-bond donors (Lipinski definition) is 1. The van der Waals surface area contributed by atoms with Gasteiger partial charge in [-0.05, 0) is 25.2 Å². The minimum absolute atomic E-state index is 0.125. The Bertz CT molecular complexity index is 187. The van der Waals surface area contributed by atoms with Gasteiger partial charge < -0.3 is 5.73 Å². The molecule has 2 heteroatoms. The summed E-state index contributed by atoms with van der Waals surface area (Å²) in [7, 11) is 0. The van der Waals surface area contributed by atoms with Crippen molar-refractivity contribution in [2.75, 3.05) is 0 Å². The first-order valence-electron chi connectivity index (χ1n) is 5.85. The van der Waals surface area contributed by atoms with E-state index in [2.05, 4.69) is 6.92 Å². The molecule has 0 aromatic heterocycles. The fourth-order valence-corrected chi connectivity index (χ4v) is 2.02. The molecule has 2 unspecified atom stereocenters. The summed E-state index contributed by atoms with van der Waals surface area (Å²) >= 11 is 0. The summed E-state index contributed by atoms with van der Waals surface area (Å²) in [5.41, 5.74) is 5.72. The summed E-state index contributed by atoms with van der Waals surface area (Å²) in [5, 5.41) is 0. The maximum atomic E-state index is 11.0. The van der Waals surface area contributed by atoms with Gasteiger partial charge in [0.1, 0.15) is 5.78 Å². The second-order valence-corrected chi connectivity index (χ2v) is 4.93. The van der Waals surface area contributed by atoms with Crippen LogP contribution in [0.1, 0.15) is 52.4 Å². The summed E-state index contributed by atoms with van der Waals surface area (Å²) in [6.07, 6.45) is 7.71. The van der Waals surface area contributed by atoms with Gasteiger partial charge in [0.05, 0.1) is 6.04 Å². The Balaban J connectivity index is 2.08. The number of nitrogens with two attached hydrogens (primary N) is 1. The molecule has 14 heavy (non-hydrogen) atoms. The molecule has 0 aromatic rings. The zero-order valence-electron chi connectivity index (χ0n) is 9.46. The molecule has 0 aromatic carbocycles. The van der Waals surface area contributed by atoms with E-state index >= 15 is 0 Å². The van der Waals surface area contributed by atoms with E-state index in [-0.39, 0.29) is 11.8 Å². The first-order chi connectivity index (χ1) is 6.59. The van der Waals surface area contributed by atoms with Crippen molar-refractivity contribution < 1.29 is 4.79 Å². The highest BCUT2D eigenvalue weighted by Crippen LogP contribution is 2.32. The minimum atomic E-state index is -0.230. The summed E-state index contributed by atoms with van der Waals surface area (Å²) in [5.74, 6) is 1.71. The zero-order chi connectivity index (χ0) is 10.6. The Hall–Kier alpha value is -0.370. The van der Waals surface area contributed by atoms with Crippen LogP contribution in [0.4, 0.5) is 0 Å². The molecule has 2 atom stereocenters. The lowest BCUT2D eigenvalue weighted by molar-refractivity contribution is -0.118. The predicted octanol–water partition coefficient (Wildman–Crippen LogP) is 2.51. The van der Waals surface area contributed by atoms with Crippen molar-refractivity contribution in [3.63, 3.8) is 0 Å². The van der Waals surface area contributed by atoms with Crippen LogP contribution in [0.25, 0.3) is 0 Å². The van der Waals surface area contributed by atoms with Gasteiger partial charge in [-0.15, -0.1) is 0 Å². The molecule has 0 spiro atoms. The van der Waals surface area contributed by atoms with Gasteiger partial charge in [0.15, 0.2) is 0 Å². The summed E-state index contributed by atoms with van der Waals surface area (Å²) in [6, 6.07) is -0.230. The van der Waals surface area contributed by atoms with E-state index in [1.807, 2.05) is 0 Å². The van der Waals surface area contributed by atoms with Crippen LogP contribution in [-0.2, 0) is 4.79 Å². The molecule has 82 valence electrons. The standard InChI is InChI=1S/C12H23NO/c1-9(8-12(13)10(2)14)6-7-11-4-3-5-11/h9,11-12H,3-8,13H2,1-2H3. The number of ketones is 1. The van der Waals surface area contributed by atoms with Crippen LogP contribution in [0, 0.1) is 11.8 Å². The van der Waals surface area contributed by atoms with Crippen molar-refractivity contribution >= 4 is 5.78 Å². The van der Waals surface area contributed by atoms with Crippen molar-refractivity contribution in [2.24, 2.45) is 17.6 Å². The minimum Gasteiger partial charge on any atom is -0.322 e. The molecule has 1 aliphatic rings. The van der Waals surface area contributed by atoms with Crippen molar-refractivity contribution in [1.82, 2.24) is 0 Å². The molecule has 0 bridgehead atoms. The van der Waals surface area contributed by atoms with Crippen LogP contribution in [0.5, 0.6) is 0 Å².